The lowest BCUT2D eigenvalue weighted by molar-refractivity contribution is -0.137. The van der Waals surface area contributed by atoms with E-state index < -0.39 is 16.0 Å². The van der Waals surface area contributed by atoms with Crippen LogP contribution in [0.25, 0.3) is 0 Å². The van der Waals surface area contributed by atoms with Gasteiger partial charge in [-0.2, -0.15) is 4.31 Å². The maximum atomic E-state index is 12.8. The average molecular weight is 433 g/mol. The number of carbonyl (C=O) groups is 1. The average Bonchev–Trinajstić information content (AvgIpc) is 2.53. The van der Waals surface area contributed by atoms with Gasteiger partial charge in [-0.25, -0.2) is 8.42 Å². The molecule has 8 heteroatoms. The van der Waals surface area contributed by atoms with E-state index in [0.717, 1.165) is 14.3 Å². The Morgan fingerprint density at radius 2 is 1.67 bits per heavy atom. The monoisotopic (exact) mass is 431 g/mol. The largest absolute Gasteiger partial charge is 0.481 e. The zero-order valence-electron chi connectivity index (χ0n) is 12.5. The van der Waals surface area contributed by atoms with Crippen molar-refractivity contribution in [3.8, 4) is 0 Å². The summed E-state index contributed by atoms with van der Waals surface area (Å²) in [7, 11) is -3.81. The Balaban J connectivity index is 2.31. The van der Waals surface area contributed by atoms with Crippen molar-refractivity contribution in [2.24, 2.45) is 0 Å². The number of benzene rings is 2. The van der Waals surface area contributed by atoms with Crippen LogP contribution in [0.2, 0.25) is 5.02 Å². The van der Waals surface area contributed by atoms with Gasteiger partial charge in [0.2, 0.25) is 10.0 Å². The summed E-state index contributed by atoms with van der Waals surface area (Å²) in [5.74, 6) is -1.05. The van der Waals surface area contributed by atoms with E-state index in [1.807, 2.05) is 0 Å². The molecule has 1 N–H and O–H groups in total. The minimum atomic E-state index is -3.81. The predicted molar refractivity (Wildman–Crippen MR) is 95.4 cm³/mol. The number of halogens is 2. The fourth-order valence-corrected chi connectivity index (χ4v) is 3.87. The van der Waals surface area contributed by atoms with Gasteiger partial charge in [0.25, 0.3) is 0 Å². The van der Waals surface area contributed by atoms with Gasteiger partial charge in [0.1, 0.15) is 0 Å². The quantitative estimate of drug-likeness (QED) is 0.723. The molecule has 0 aliphatic rings. The molecule has 0 radical (unpaired) electrons. The van der Waals surface area contributed by atoms with Crippen LogP contribution in [0.15, 0.2) is 57.9 Å². The van der Waals surface area contributed by atoms with Crippen LogP contribution < -0.4 is 0 Å². The van der Waals surface area contributed by atoms with Gasteiger partial charge >= 0.3 is 5.97 Å². The Morgan fingerprint density at radius 1 is 1.08 bits per heavy atom. The molecule has 0 spiro atoms. The van der Waals surface area contributed by atoms with Crippen LogP contribution in [0, 0.1) is 0 Å². The number of rotatable bonds is 7. The highest BCUT2D eigenvalue weighted by Gasteiger charge is 2.25. The molecule has 0 amide bonds. The molecule has 5 nitrogen and oxygen atoms in total. The van der Waals surface area contributed by atoms with Gasteiger partial charge in [-0.3, -0.25) is 4.79 Å². The van der Waals surface area contributed by atoms with Crippen molar-refractivity contribution in [2.45, 2.75) is 17.9 Å². The van der Waals surface area contributed by atoms with Crippen molar-refractivity contribution in [2.75, 3.05) is 6.54 Å². The number of carboxylic acids is 1. The number of aliphatic carboxylic acids is 1. The third-order valence-electron chi connectivity index (χ3n) is 3.30. The first-order chi connectivity index (χ1) is 11.3. The van der Waals surface area contributed by atoms with Crippen molar-refractivity contribution in [1.82, 2.24) is 4.31 Å². The Morgan fingerprint density at radius 3 is 2.21 bits per heavy atom. The second-order valence-corrected chi connectivity index (χ2v) is 8.35. The fraction of sp³-hybridized carbons (Fsp3) is 0.188. The number of hydrogen-bond acceptors (Lipinski definition) is 3. The molecule has 2 rings (SSSR count). The van der Waals surface area contributed by atoms with E-state index in [2.05, 4.69) is 15.9 Å². The summed E-state index contributed by atoms with van der Waals surface area (Å²) in [6, 6.07) is 13.0. The smallest absolute Gasteiger partial charge is 0.304 e. The molecule has 0 aliphatic heterocycles. The Labute approximate surface area is 154 Å². The Kier molecular flexibility index (Phi) is 6.40. The molecule has 0 fully saturated rings. The highest BCUT2D eigenvalue weighted by atomic mass is 79.9. The summed E-state index contributed by atoms with van der Waals surface area (Å²) < 4.78 is 27.6. The van der Waals surface area contributed by atoms with E-state index in [-0.39, 0.29) is 24.4 Å². The first-order valence-corrected chi connectivity index (χ1v) is 9.62. The lowest BCUT2D eigenvalue weighted by atomic mass is 10.2. The summed E-state index contributed by atoms with van der Waals surface area (Å²) in [5.41, 5.74) is 0.727. The normalized spacial score (nSPS) is 11.6. The summed E-state index contributed by atoms with van der Waals surface area (Å²) in [4.78, 5) is 11.0. The molecule has 2 aromatic rings. The third kappa shape index (κ3) is 5.04. The highest BCUT2D eigenvalue weighted by molar-refractivity contribution is 9.10. The second-order valence-electron chi connectivity index (χ2n) is 5.06. The van der Waals surface area contributed by atoms with Gasteiger partial charge in [-0.15, -0.1) is 0 Å². The SMILES string of the molecule is O=C(O)CCN(Cc1ccc(Cl)cc1)S(=O)(=O)c1ccc(Br)cc1. The van der Waals surface area contributed by atoms with Crippen LogP contribution in [0.3, 0.4) is 0 Å². The van der Waals surface area contributed by atoms with E-state index in [1.165, 1.54) is 12.1 Å². The Hall–Kier alpha value is -1.41. The van der Waals surface area contributed by atoms with Crippen LogP contribution >= 0.6 is 27.5 Å². The van der Waals surface area contributed by atoms with Gasteiger partial charge < -0.3 is 5.11 Å². The van der Waals surface area contributed by atoms with Crippen LogP contribution in [-0.2, 0) is 21.4 Å². The molecular weight excluding hydrogens is 418 g/mol. The topological polar surface area (TPSA) is 74.7 Å². The van der Waals surface area contributed by atoms with Crippen molar-refractivity contribution in [1.29, 1.82) is 0 Å². The first-order valence-electron chi connectivity index (χ1n) is 7.01. The van der Waals surface area contributed by atoms with Crippen molar-refractivity contribution < 1.29 is 18.3 Å². The molecule has 128 valence electrons. The number of hydrogen-bond donors (Lipinski definition) is 1. The molecule has 0 heterocycles. The predicted octanol–water partition coefficient (Wildman–Crippen LogP) is 3.77. The zero-order valence-corrected chi connectivity index (χ0v) is 15.7. The first kappa shape index (κ1) is 18.9. The van der Waals surface area contributed by atoms with E-state index in [9.17, 15) is 13.2 Å². The molecule has 0 unspecified atom stereocenters. The van der Waals surface area contributed by atoms with Gasteiger partial charge in [-0.1, -0.05) is 39.7 Å². The molecule has 0 aromatic heterocycles. The summed E-state index contributed by atoms with van der Waals surface area (Å²) in [6.07, 6.45) is -0.274. The van der Waals surface area contributed by atoms with Crippen molar-refractivity contribution in [3.63, 3.8) is 0 Å². The number of nitrogens with zero attached hydrogens (tertiary/aromatic N) is 1. The van der Waals surface area contributed by atoms with E-state index >= 15 is 0 Å². The number of sulfonamides is 1. The standard InChI is InChI=1S/C16H15BrClNO4S/c17-13-3-7-15(8-4-13)24(22,23)19(10-9-16(20)21)11-12-1-5-14(18)6-2-12/h1-8H,9-11H2,(H,20,21). The van der Waals surface area contributed by atoms with Gasteiger partial charge in [0.15, 0.2) is 0 Å². The molecule has 0 saturated carbocycles. The van der Waals surface area contributed by atoms with Crippen LogP contribution in [0.1, 0.15) is 12.0 Å². The molecule has 0 atom stereocenters. The molecule has 0 aliphatic carbocycles. The fourth-order valence-electron chi connectivity index (χ4n) is 2.05. The van der Waals surface area contributed by atoms with E-state index in [0.29, 0.717) is 5.02 Å². The molecule has 0 saturated heterocycles. The van der Waals surface area contributed by atoms with Crippen LogP contribution in [0.5, 0.6) is 0 Å². The van der Waals surface area contributed by atoms with Gasteiger partial charge in [-0.05, 0) is 42.0 Å². The van der Waals surface area contributed by atoms with E-state index in [1.54, 1.807) is 36.4 Å². The van der Waals surface area contributed by atoms with Crippen molar-refractivity contribution in [3.05, 3.63) is 63.6 Å². The highest BCUT2D eigenvalue weighted by Crippen LogP contribution is 2.21. The summed E-state index contributed by atoms with van der Waals surface area (Å²) in [5, 5.41) is 9.44. The Bertz CT molecular complexity index is 807. The number of carboxylic acid groups (broad SMARTS) is 1. The minimum Gasteiger partial charge on any atom is -0.481 e. The molecule has 24 heavy (non-hydrogen) atoms. The maximum Gasteiger partial charge on any atom is 0.304 e. The zero-order chi connectivity index (χ0) is 17.7. The van der Waals surface area contributed by atoms with Gasteiger partial charge in [0, 0.05) is 22.6 Å². The summed E-state index contributed by atoms with van der Waals surface area (Å²) in [6.45, 7) is -0.0425. The lowest BCUT2D eigenvalue weighted by Gasteiger charge is -2.22. The second kappa shape index (κ2) is 8.11. The molecular formula is C16H15BrClNO4S. The van der Waals surface area contributed by atoms with Crippen LogP contribution in [0.4, 0.5) is 0 Å². The van der Waals surface area contributed by atoms with Crippen molar-refractivity contribution >= 4 is 43.5 Å². The summed E-state index contributed by atoms with van der Waals surface area (Å²) >= 11 is 9.10. The van der Waals surface area contributed by atoms with E-state index in [4.69, 9.17) is 16.7 Å². The third-order valence-corrected chi connectivity index (χ3v) is 5.94. The minimum absolute atomic E-state index is 0.0723. The maximum absolute atomic E-state index is 12.8. The van der Waals surface area contributed by atoms with Gasteiger partial charge in [0.05, 0.1) is 11.3 Å². The van der Waals surface area contributed by atoms with Crippen LogP contribution in [-0.4, -0.2) is 30.3 Å². The lowest BCUT2D eigenvalue weighted by Crippen LogP contribution is -2.32. The molecule has 0 bridgehead atoms. The molecule has 2 aromatic carbocycles.